The first kappa shape index (κ1) is 16.7. The van der Waals surface area contributed by atoms with E-state index in [2.05, 4.69) is 51.4 Å². The second-order valence-corrected chi connectivity index (χ2v) is 6.26. The molecule has 0 radical (unpaired) electrons. The highest BCUT2D eigenvalue weighted by molar-refractivity contribution is 5.80. The van der Waals surface area contributed by atoms with Crippen LogP contribution in [0.15, 0.2) is 9.52 Å². The standard InChI is InChI=1S/C15H28N6O/c1-10(2)21-8-11(3)13(9-21)19-15(16-5)17-7-6-14-18-12(4)20-22-14/h10-11,13H,6-9H2,1-5H3,(H2,16,17,19). The van der Waals surface area contributed by atoms with Gasteiger partial charge in [0.1, 0.15) is 0 Å². The molecule has 1 aliphatic heterocycles. The average molecular weight is 308 g/mol. The zero-order chi connectivity index (χ0) is 16.1. The highest BCUT2D eigenvalue weighted by atomic mass is 16.5. The smallest absolute Gasteiger partial charge is 0.228 e. The molecule has 1 fully saturated rings. The number of hydrogen-bond donors (Lipinski definition) is 2. The second kappa shape index (κ2) is 7.58. The molecule has 0 aromatic carbocycles. The Kier molecular flexibility index (Phi) is 5.76. The van der Waals surface area contributed by atoms with E-state index in [-0.39, 0.29) is 0 Å². The highest BCUT2D eigenvalue weighted by Gasteiger charge is 2.31. The lowest BCUT2D eigenvalue weighted by atomic mass is 10.1. The van der Waals surface area contributed by atoms with Gasteiger partial charge >= 0.3 is 0 Å². The number of likely N-dealkylation sites (tertiary alicyclic amines) is 1. The Morgan fingerprint density at radius 1 is 1.45 bits per heavy atom. The molecule has 2 heterocycles. The van der Waals surface area contributed by atoms with Crippen molar-refractivity contribution in [2.45, 2.75) is 46.2 Å². The van der Waals surface area contributed by atoms with Crippen LogP contribution in [0.2, 0.25) is 0 Å². The van der Waals surface area contributed by atoms with Crippen molar-refractivity contribution in [3.63, 3.8) is 0 Å². The molecule has 2 unspecified atom stereocenters. The molecule has 2 rings (SSSR count). The first-order chi connectivity index (χ1) is 10.5. The van der Waals surface area contributed by atoms with Gasteiger partial charge in [-0.3, -0.25) is 9.89 Å². The van der Waals surface area contributed by atoms with E-state index in [1.807, 2.05) is 6.92 Å². The molecule has 2 atom stereocenters. The zero-order valence-corrected chi connectivity index (χ0v) is 14.3. The summed E-state index contributed by atoms with van der Waals surface area (Å²) in [5.41, 5.74) is 0. The molecule has 124 valence electrons. The molecule has 1 saturated heterocycles. The van der Waals surface area contributed by atoms with Crippen molar-refractivity contribution in [3.05, 3.63) is 11.7 Å². The molecule has 0 saturated carbocycles. The van der Waals surface area contributed by atoms with E-state index in [0.29, 0.717) is 36.1 Å². The first-order valence-electron chi connectivity index (χ1n) is 8.00. The van der Waals surface area contributed by atoms with E-state index < -0.39 is 0 Å². The summed E-state index contributed by atoms with van der Waals surface area (Å²) >= 11 is 0. The molecule has 2 N–H and O–H groups in total. The predicted octanol–water partition coefficient (Wildman–Crippen LogP) is 0.814. The van der Waals surface area contributed by atoms with Crippen molar-refractivity contribution in [1.29, 1.82) is 0 Å². The number of aromatic nitrogens is 2. The summed E-state index contributed by atoms with van der Waals surface area (Å²) in [6.07, 6.45) is 0.694. The van der Waals surface area contributed by atoms with Crippen molar-refractivity contribution in [1.82, 2.24) is 25.7 Å². The minimum absolute atomic E-state index is 0.430. The summed E-state index contributed by atoms with van der Waals surface area (Å²) < 4.78 is 5.10. The molecular formula is C15H28N6O. The Bertz CT molecular complexity index is 498. The van der Waals surface area contributed by atoms with Crippen LogP contribution >= 0.6 is 0 Å². The van der Waals surface area contributed by atoms with Gasteiger partial charge in [-0.15, -0.1) is 0 Å². The molecule has 0 bridgehead atoms. The lowest BCUT2D eigenvalue weighted by molar-refractivity contribution is 0.265. The molecule has 0 spiro atoms. The van der Waals surface area contributed by atoms with Crippen LogP contribution in [-0.4, -0.2) is 59.8 Å². The van der Waals surface area contributed by atoms with E-state index in [4.69, 9.17) is 4.52 Å². The third-order valence-electron chi connectivity index (χ3n) is 4.12. The Morgan fingerprint density at radius 3 is 2.77 bits per heavy atom. The lowest BCUT2D eigenvalue weighted by Gasteiger charge is -2.21. The van der Waals surface area contributed by atoms with Crippen LogP contribution in [0, 0.1) is 12.8 Å². The van der Waals surface area contributed by atoms with Gasteiger partial charge in [-0.1, -0.05) is 12.1 Å². The number of aliphatic imine (C=N–C) groups is 1. The van der Waals surface area contributed by atoms with Gasteiger partial charge in [0.25, 0.3) is 0 Å². The molecule has 7 heteroatoms. The summed E-state index contributed by atoms with van der Waals surface area (Å²) in [6, 6.07) is 1.02. The van der Waals surface area contributed by atoms with Crippen LogP contribution in [0.5, 0.6) is 0 Å². The van der Waals surface area contributed by atoms with Gasteiger partial charge in [0.2, 0.25) is 5.89 Å². The van der Waals surface area contributed by atoms with Crippen LogP contribution in [0.25, 0.3) is 0 Å². The van der Waals surface area contributed by atoms with Crippen molar-refractivity contribution in [2.75, 3.05) is 26.7 Å². The fraction of sp³-hybridized carbons (Fsp3) is 0.800. The third-order valence-corrected chi connectivity index (χ3v) is 4.12. The molecule has 1 aliphatic rings. The van der Waals surface area contributed by atoms with Crippen molar-refractivity contribution >= 4 is 5.96 Å². The fourth-order valence-electron chi connectivity index (χ4n) is 2.71. The molecule has 0 aliphatic carbocycles. The number of nitrogens with one attached hydrogen (secondary N) is 2. The summed E-state index contributed by atoms with van der Waals surface area (Å²) in [7, 11) is 1.80. The second-order valence-electron chi connectivity index (χ2n) is 6.26. The number of aryl methyl sites for hydroxylation is 1. The van der Waals surface area contributed by atoms with Crippen molar-refractivity contribution < 1.29 is 4.52 Å². The zero-order valence-electron chi connectivity index (χ0n) is 14.3. The lowest BCUT2D eigenvalue weighted by Crippen LogP contribution is -2.47. The fourth-order valence-corrected chi connectivity index (χ4v) is 2.71. The third kappa shape index (κ3) is 4.43. The minimum atomic E-state index is 0.430. The van der Waals surface area contributed by atoms with Crippen molar-refractivity contribution in [2.24, 2.45) is 10.9 Å². The van der Waals surface area contributed by atoms with E-state index in [0.717, 1.165) is 25.6 Å². The van der Waals surface area contributed by atoms with E-state index in [1.54, 1.807) is 7.05 Å². The van der Waals surface area contributed by atoms with Crippen molar-refractivity contribution in [3.8, 4) is 0 Å². The maximum atomic E-state index is 5.10. The largest absolute Gasteiger partial charge is 0.356 e. The van der Waals surface area contributed by atoms with Crippen LogP contribution in [0.1, 0.15) is 32.5 Å². The maximum absolute atomic E-state index is 5.10. The number of guanidine groups is 1. The van der Waals surface area contributed by atoms with E-state index >= 15 is 0 Å². The van der Waals surface area contributed by atoms with Gasteiger partial charge in [0.15, 0.2) is 11.8 Å². The topological polar surface area (TPSA) is 78.6 Å². The monoisotopic (exact) mass is 308 g/mol. The quantitative estimate of drug-likeness (QED) is 0.619. The molecule has 1 aromatic heterocycles. The molecule has 0 amide bonds. The first-order valence-corrected chi connectivity index (χ1v) is 8.00. The Hall–Kier alpha value is -1.63. The maximum Gasteiger partial charge on any atom is 0.228 e. The predicted molar refractivity (Wildman–Crippen MR) is 86.9 cm³/mol. The summed E-state index contributed by atoms with van der Waals surface area (Å²) in [5.74, 6) is 2.77. The molecule has 7 nitrogen and oxygen atoms in total. The number of hydrogen-bond acceptors (Lipinski definition) is 5. The highest BCUT2D eigenvalue weighted by Crippen LogP contribution is 2.18. The van der Waals surface area contributed by atoms with Crippen LogP contribution in [-0.2, 0) is 6.42 Å². The number of rotatable bonds is 5. The summed E-state index contributed by atoms with van der Waals surface area (Å²) in [6.45, 7) is 11.5. The molecular weight excluding hydrogens is 280 g/mol. The van der Waals surface area contributed by atoms with E-state index in [9.17, 15) is 0 Å². The molecule has 22 heavy (non-hydrogen) atoms. The summed E-state index contributed by atoms with van der Waals surface area (Å²) in [5, 5.41) is 10.6. The van der Waals surface area contributed by atoms with Crippen LogP contribution in [0.3, 0.4) is 0 Å². The van der Waals surface area contributed by atoms with Crippen LogP contribution in [0.4, 0.5) is 0 Å². The van der Waals surface area contributed by atoms with Gasteiger partial charge in [0.05, 0.1) is 0 Å². The minimum Gasteiger partial charge on any atom is -0.356 e. The Labute approximate surface area is 132 Å². The van der Waals surface area contributed by atoms with Gasteiger partial charge in [-0.05, 0) is 26.7 Å². The Morgan fingerprint density at radius 2 is 2.23 bits per heavy atom. The SMILES string of the molecule is CN=C(NCCc1nc(C)no1)NC1CN(C(C)C)CC1C. The van der Waals surface area contributed by atoms with Gasteiger partial charge < -0.3 is 15.2 Å². The average Bonchev–Trinajstić information content (AvgIpc) is 3.04. The molecule has 1 aromatic rings. The summed E-state index contributed by atoms with van der Waals surface area (Å²) in [4.78, 5) is 11.0. The number of nitrogens with zero attached hydrogens (tertiary/aromatic N) is 4. The Balaban J connectivity index is 1.77. The normalized spacial score (nSPS) is 23.3. The van der Waals surface area contributed by atoms with Gasteiger partial charge in [-0.25, -0.2) is 0 Å². The van der Waals surface area contributed by atoms with E-state index in [1.165, 1.54) is 0 Å². The van der Waals surface area contributed by atoms with Gasteiger partial charge in [0, 0.05) is 45.2 Å². The van der Waals surface area contributed by atoms with Crippen LogP contribution < -0.4 is 10.6 Å². The van der Waals surface area contributed by atoms with Gasteiger partial charge in [-0.2, -0.15) is 4.98 Å².